The Morgan fingerprint density at radius 2 is 1.92 bits per heavy atom. The molecule has 2 rings (SSSR count). The van der Waals surface area contributed by atoms with Crippen LogP contribution in [0.2, 0.25) is 0 Å². The van der Waals surface area contributed by atoms with Crippen molar-refractivity contribution in [1.29, 1.82) is 0 Å². The fourth-order valence-corrected chi connectivity index (χ4v) is 2.93. The Hall–Kier alpha value is -1.96. The van der Waals surface area contributed by atoms with Crippen molar-refractivity contribution in [1.82, 2.24) is 10.2 Å². The lowest BCUT2D eigenvalue weighted by atomic mass is 9.80. The number of hydrogen-bond acceptors (Lipinski definition) is 2. The monoisotopic (exact) mass is 364 g/mol. The first kappa shape index (κ1) is 18.4. The second kappa shape index (κ2) is 6.88. The summed E-state index contributed by atoms with van der Waals surface area (Å²) in [6, 6.07) is 4.72. The zero-order valence-corrected chi connectivity index (χ0v) is 13.3. The average Bonchev–Trinajstić information content (AvgIpc) is 2.54. The van der Waals surface area contributed by atoms with E-state index in [2.05, 4.69) is 5.32 Å². The fraction of sp³-hybridized carbons (Fsp3) is 0.467. The number of piperidine rings is 1. The van der Waals surface area contributed by atoms with Gasteiger partial charge in [0.2, 0.25) is 5.91 Å². The van der Waals surface area contributed by atoms with Gasteiger partial charge in [-0.05, 0) is 30.5 Å². The molecule has 1 fully saturated rings. The number of carboxylic acid groups (broad SMARTS) is 1. The standard InChI is InChI=1S/C15H16ClF3N2O3/c16-9-12(22)20-14(4-6-21(7-5-14)13(23)24)10-2-1-3-11(8-10)15(17,18)19/h1-3,8H,4-7,9H2,(H,20,22)(H,23,24). The second-order valence-electron chi connectivity index (χ2n) is 5.61. The Labute approximate surface area is 141 Å². The molecule has 0 atom stereocenters. The Morgan fingerprint density at radius 1 is 1.29 bits per heavy atom. The smallest absolute Gasteiger partial charge is 0.416 e. The maximum absolute atomic E-state index is 13.0. The number of hydrogen-bond donors (Lipinski definition) is 2. The molecule has 2 N–H and O–H groups in total. The van der Waals surface area contributed by atoms with Crippen molar-refractivity contribution in [3.8, 4) is 0 Å². The van der Waals surface area contributed by atoms with Crippen LogP contribution in [0, 0.1) is 0 Å². The number of carbonyl (C=O) groups excluding carboxylic acids is 1. The number of amides is 2. The summed E-state index contributed by atoms with van der Waals surface area (Å²) in [4.78, 5) is 24.0. The van der Waals surface area contributed by atoms with Gasteiger partial charge in [0.05, 0.1) is 11.1 Å². The average molecular weight is 365 g/mol. The Bertz CT molecular complexity index is 629. The van der Waals surface area contributed by atoms with Gasteiger partial charge < -0.3 is 15.3 Å². The van der Waals surface area contributed by atoms with Gasteiger partial charge in [-0.15, -0.1) is 11.6 Å². The highest BCUT2D eigenvalue weighted by Crippen LogP contribution is 2.37. The Balaban J connectivity index is 2.37. The number of alkyl halides is 4. The van der Waals surface area contributed by atoms with Crippen molar-refractivity contribution in [3.63, 3.8) is 0 Å². The zero-order chi connectivity index (χ0) is 18.0. The van der Waals surface area contributed by atoms with E-state index >= 15 is 0 Å². The lowest BCUT2D eigenvalue weighted by Gasteiger charge is -2.42. The summed E-state index contributed by atoms with van der Waals surface area (Å²) in [5.74, 6) is -0.846. The molecule has 0 spiro atoms. The SMILES string of the molecule is O=C(CCl)NC1(c2cccc(C(F)(F)F)c2)CCN(C(=O)O)CC1. The summed E-state index contributed by atoms with van der Waals surface area (Å²) >= 11 is 5.51. The summed E-state index contributed by atoms with van der Waals surface area (Å²) < 4.78 is 38.9. The minimum Gasteiger partial charge on any atom is -0.465 e. The molecule has 1 aromatic rings. The van der Waals surface area contributed by atoms with E-state index in [4.69, 9.17) is 16.7 Å². The van der Waals surface area contributed by atoms with Crippen LogP contribution in [0.25, 0.3) is 0 Å². The van der Waals surface area contributed by atoms with Gasteiger partial charge in [-0.3, -0.25) is 4.79 Å². The molecule has 0 bridgehead atoms. The number of likely N-dealkylation sites (tertiary alicyclic amines) is 1. The fourth-order valence-electron chi connectivity index (χ4n) is 2.86. The summed E-state index contributed by atoms with van der Waals surface area (Å²) in [5.41, 5.74) is -1.60. The molecule has 0 saturated carbocycles. The van der Waals surface area contributed by atoms with Crippen LogP contribution < -0.4 is 5.32 Å². The lowest BCUT2D eigenvalue weighted by molar-refractivity contribution is -0.137. The minimum atomic E-state index is -4.50. The molecule has 1 aliphatic heterocycles. The molecule has 1 aromatic carbocycles. The van der Waals surface area contributed by atoms with E-state index in [1.807, 2.05) is 0 Å². The van der Waals surface area contributed by atoms with Crippen molar-refractivity contribution >= 4 is 23.6 Å². The zero-order valence-electron chi connectivity index (χ0n) is 12.6. The quantitative estimate of drug-likeness (QED) is 0.810. The molecule has 24 heavy (non-hydrogen) atoms. The second-order valence-corrected chi connectivity index (χ2v) is 5.88. The molecule has 9 heteroatoms. The number of rotatable bonds is 3. The van der Waals surface area contributed by atoms with Crippen molar-refractivity contribution in [2.24, 2.45) is 0 Å². The third-order valence-corrected chi connectivity index (χ3v) is 4.37. The molecule has 0 radical (unpaired) electrons. The van der Waals surface area contributed by atoms with Gasteiger partial charge >= 0.3 is 12.3 Å². The van der Waals surface area contributed by atoms with Gasteiger partial charge in [-0.1, -0.05) is 12.1 Å². The number of halogens is 4. The van der Waals surface area contributed by atoms with Gasteiger partial charge in [0.1, 0.15) is 5.88 Å². The molecule has 1 heterocycles. The van der Waals surface area contributed by atoms with Crippen molar-refractivity contribution in [2.45, 2.75) is 24.6 Å². The third-order valence-electron chi connectivity index (χ3n) is 4.13. The van der Waals surface area contributed by atoms with Crippen molar-refractivity contribution in [3.05, 3.63) is 35.4 Å². The molecular weight excluding hydrogens is 349 g/mol. The van der Waals surface area contributed by atoms with Gasteiger partial charge in [0.25, 0.3) is 0 Å². The molecule has 0 aromatic heterocycles. The predicted molar refractivity (Wildman–Crippen MR) is 80.8 cm³/mol. The van der Waals surface area contributed by atoms with Crippen LogP contribution >= 0.6 is 11.6 Å². The van der Waals surface area contributed by atoms with Crippen LogP contribution in [-0.4, -0.2) is 41.0 Å². The number of benzene rings is 1. The molecular formula is C15H16ClF3N2O3. The minimum absolute atomic E-state index is 0.105. The van der Waals surface area contributed by atoms with Gasteiger partial charge in [-0.25, -0.2) is 4.79 Å². The number of carbonyl (C=O) groups is 2. The van der Waals surface area contributed by atoms with E-state index in [1.165, 1.54) is 17.0 Å². The normalized spacial score (nSPS) is 17.4. The highest BCUT2D eigenvalue weighted by atomic mass is 35.5. The van der Waals surface area contributed by atoms with Gasteiger partial charge in [0, 0.05) is 13.1 Å². The lowest BCUT2D eigenvalue weighted by Crippen LogP contribution is -2.54. The van der Waals surface area contributed by atoms with Crippen LogP contribution in [0.15, 0.2) is 24.3 Å². The Kier molecular flexibility index (Phi) is 5.27. The maximum atomic E-state index is 13.0. The molecule has 5 nitrogen and oxygen atoms in total. The van der Waals surface area contributed by atoms with E-state index in [1.54, 1.807) is 0 Å². The van der Waals surface area contributed by atoms with Gasteiger partial charge in [-0.2, -0.15) is 13.2 Å². The maximum Gasteiger partial charge on any atom is 0.416 e. The number of nitrogens with one attached hydrogen (secondary N) is 1. The van der Waals surface area contributed by atoms with E-state index in [0.717, 1.165) is 12.1 Å². The first-order valence-electron chi connectivity index (χ1n) is 7.20. The largest absolute Gasteiger partial charge is 0.465 e. The molecule has 1 aliphatic rings. The molecule has 0 aliphatic carbocycles. The van der Waals surface area contributed by atoms with Crippen LogP contribution in [0.5, 0.6) is 0 Å². The number of nitrogens with zero attached hydrogens (tertiary/aromatic N) is 1. The topological polar surface area (TPSA) is 69.6 Å². The summed E-state index contributed by atoms with van der Waals surface area (Å²) in [5, 5.41) is 11.7. The molecule has 1 saturated heterocycles. The van der Waals surface area contributed by atoms with Crippen molar-refractivity contribution < 1.29 is 27.9 Å². The highest BCUT2D eigenvalue weighted by Gasteiger charge is 2.40. The molecule has 132 valence electrons. The van der Waals surface area contributed by atoms with E-state index in [0.29, 0.717) is 5.56 Å². The van der Waals surface area contributed by atoms with Gasteiger partial charge in [0.15, 0.2) is 0 Å². The van der Waals surface area contributed by atoms with Crippen LogP contribution in [0.1, 0.15) is 24.0 Å². The summed E-state index contributed by atoms with van der Waals surface area (Å²) in [6.45, 7) is 0.211. The first-order chi connectivity index (χ1) is 11.2. The van der Waals surface area contributed by atoms with Crippen LogP contribution in [0.4, 0.5) is 18.0 Å². The molecule has 2 amide bonds. The highest BCUT2D eigenvalue weighted by molar-refractivity contribution is 6.27. The van der Waals surface area contributed by atoms with Crippen molar-refractivity contribution in [2.75, 3.05) is 19.0 Å². The third kappa shape index (κ3) is 3.92. The van der Waals surface area contributed by atoms with Crippen LogP contribution in [-0.2, 0) is 16.5 Å². The van der Waals surface area contributed by atoms with E-state index in [9.17, 15) is 22.8 Å². The summed E-state index contributed by atoms with van der Waals surface area (Å²) in [7, 11) is 0. The predicted octanol–water partition coefficient (Wildman–Crippen LogP) is 3.03. The van der Waals surface area contributed by atoms with E-state index in [-0.39, 0.29) is 31.8 Å². The van der Waals surface area contributed by atoms with Crippen LogP contribution in [0.3, 0.4) is 0 Å². The Morgan fingerprint density at radius 3 is 2.42 bits per heavy atom. The molecule has 0 unspecified atom stereocenters. The van der Waals surface area contributed by atoms with E-state index < -0.39 is 29.3 Å². The summed E-state index contributed by atoms with van der Waals surface area (Å²) in [6.07, 6.45) is -5.27. The first-order valence-corrected chi connectivity index (χ1v) is 7.74.